The second-order valence-corrected chi connectivity index (χ2v) is 7.33. The lowest BCUT2D eigenvalue weighted by atomic mass is 10.1. The van der Waals surface area contributed by atoms with Crippen LogP contribution >= 0.6 is 15.9 Å². The van der Waals surface area contributed by atoms with Gasteiger partial charge in [0.2, 0.25) is 5.91 Å². The van der Waals surface area contributed by atoms with Crippen molar-refractivity contribution in [2.45, 2.75) is 26.7 Å². The highest BCUT2D eigenvalue weighted by atomic mass is 79.9. The van der Waals surface area contributed by atoms with E-state index in [4.69, 9.17) is 0 Å². The molecule has 27 heavy (non-hydrogen) atoms. The molecular weight excluding hydrogens is 416 g/mol. The Bertz CT molecular complexity index is 764. The van der Waals surface area contributed by atoms with Crippen molar-refractivity contribution in [1.29, 1.82) is 0 Å². The number of imide groups is 1. The van der Waals surface area contributed by atoms with Crippen molar-refractivity contribution in [3.05, 3.63) is 33.8 Å². The number of hydrogen-bond donors (Lipinski definition) is 0. The number of methoxy groups -OCH3 is 1. The van der Waals surface area contributed by atoms with Gasteiger partial charge >= 0.3 is 5.97 Å². The summed E-state index contributed by atoms with van der Waals surface area (Å²) in [5.41, 5.74) is 0.763. The van der Waals surface area contributed by atoms with Crippen LogP contribution in [0.3, 0.4) is 0 Å². The maximum Gasteiger partial charge on any atom is 0.310 e. The minimum Gasteiger partial charge on any atom is -0.469 e. The third-order valence-corrected chi connectivity index (χ3v) is 5.03. The first-order valence-electron chi connectivity index (χ1n) is 8.81. The molecule has 1 aromatic rings. The van der Waals surface area contributed by atoms with Crippen LogP contribution in [0.4, 0.5) is 0 Å². The van der Waals surface area contributed by atoms with Crippen molar-refractivity contribution in [2.75, 3.05) is 26.7 Å². The zero-order valence-corrected chi connectivity index (χ0v) is 17.2. The van der Waals surface area contributed by atoms with Crippen LogP contribution in [0.15, 0.2) is 22.7 Å². The van der Waals surface area contributed by atoms with Crippen LogP contribution in [0.2, 0.25) is 0 Å². The van der Waals surface area contributed by atoms with Crippen LogP contribution in [-0.2, 0) is 14.3 Å². The summed E-state index contributed by atoms with van der Waals surface area (Å²) in [6, 6.07) is 4.98. The second-order valence-electron chi connectivity index (χ2n) is 6.41. The number of hydrogen-bond acceptors (Lipinski definition) is 5. The highest BCUT2D eigenvalue weighted by molar-refractivity contribution is 9.10. The largest absolute Gasteiger partial charge is 0.469 e. The Kier molecular flexibility index (Phi) is 7.12. The van der Waals surface area contributed by atoms with Gasteiger partial charge in [-0.2, -0.15) is 0 Å². The predicted octanol–water partition coefficient (Wildman–Crippen LogP) is 2.48. The molecule has 3 amide bonds. The average molecular weight is 439 g/mol. The van der Waals surface area contributed by atoms with E-state index in [0.717, 1.165) is 4.47 Å². The van der Waals surface area contributed by atoms with Crippen LogP contribution < -0.4 is 0 Å². The minimum absolute atomic E-state index is 0.118. The molecule has 0 aliphatic carbocycles. The molecule has 8 heteroatoms. The monoisotopic (exact) mass is 438 g/mol. The van der Waals surface area contributed by atoms with E-state index in [1.54, 1.807) is 30.0 Å². The summed E-state index contributed by atoms with van der Waals surface area (Å²) in [5, 5.41) is 0. The summed E-state index contributed by atoms with van der Waals surface area (Å²) in [7, 11) is 1.32. The van der Waals surface area contributed by atoms with Gasteiger partial charge in [0.05, 0.1) is 24.2 Å². The molecular formula is C19H23BrN2O5. The van der Waals surface area contributed by atoms with Crippen LogP contribution in [-0.4, -0.2) is 60.2 Å². The lowest BCUT2D eigenvalue weighted by Crippen LogP contribution is -2.37. The first kappa shape index (κ1) is 21.1. The van der Waals surface area contributed by atoms with Crippen LogP contribution in [0.1, 0.15) is 47.4 Å². The van der Waals surface area contributed by atoms with Crippen molar-refractivity contribution in [2.24, 2.45) is 5.92 Å². The van der Waals surface area contributed by atoms with Crippen molar-refractivity contribution < 1.29 is 23.9 Å². The summed E-state index contributed by atoms with van der Waals surface area (Å²) >= 11 is 3.30. The van der Waals surface area contributed by atoms with Gasteiger partial charge in [-0.25, -0.2) is 0 Å². The molecule has 0 radical (unpaired) electrons. The zero-order valence-electron chi connectivity index (χ0n) is 15.7. The van der Waals surface area contributed by atoms with Gasteiger partial charge in [0.1, 0.15) is 0 Å². The van der Waals surface area contributed by atoms with Gasteiger partial charge in [-0.15, -0.1) is 0 Å². The fourth-order valence-electron chi connectivity index (χ4n) is 3.03. The Hall–Kier alpha value is -2.22. The summed E-state index contributed by atoms with van der Waals surface area (Å²) in [6.45, 7) is 4.48. The topological polar surface area (TPSA) is 84.0 Å². The predicted molar refractivity (Wildman–Crippen MR) is 102 cm³/mol. The van der Waals surface area contributed by atoms with Crippen LogP contribution in [0.5, 0.6) is 0 Å². The van der Waals surface area contributed by atoms with E-state index in [1.807, 2.05) is 6.92 Å². The van der Waals surface area contributed by atoms with E-state index in [-0.39, 0.29) is 43.2 Å². The normalized spacial score (nSPS) is 14.1. The molecule has 0 saturated carbocycles. The quantitative estimate of drug-likeness (QED) is 0.459. The van der Waals surface area contributed by atoms with Gasteiger partial charge < -0.3 is 9.64 Å². The highest BCUT2D eigenvalue weighted by Gasteiger charge is 2.35. The Morgan fingerprint density at radius 2 is 1.89 bits per heavy atom. The molecule has 1 aliphatic heterocycles. The third kappa shape index (κ3) is 4.74. The standard InChI is InChI=1S/C19H23BrN2O5/c1-4-21(11-12(2)19(26)27-3)16(23)6-5-9-22-17(24)14-8-7-13(20)10-15(14)18(22)25/h7-8,10,12H,4-6,9,11H2,1-3H3. The number of carbonyl (C=O) groups excluding carboxylic acids is 4. The Morgan fingerprint density at radius 1 is 1.22 bits per heavy atom. The first-order valence-corrected chi connectivity index (χ1v) is 9.60. The zero-order chi connectivity index (χ0) is 20.1. The SMILES string of the molecule is CCN(CC(C)C(=O)OC)C(=O)CCCN1C(=O)c2ccc(Br)cc2C1=O. The second kappa shape index (κ2) is 9.12. The Labute approximate surface area is 166 Å². The number of ether oxygens (including phenoxy) is 1. The highest BCUT2D eigenvalue weighted by Crippen LogP contribution is 2.26. The van der Waals surface area contributed by atoms with Gasteiger partial charge in [0, 0.05) is 30.5 Å². The number of nitrogens with zero attached hydrogens (tertiary/aromatic N) is 2. The van der Waals surface area contributed by atoms with E-state index < -0.39 is 5.92 Å². The molecule has 1 heterocycles. The lowest BCUT2D eigenvalue weighted by Gasteiger charge is -2.24. The first-order chi connectivity index (χ1) is 12.8. The number of amides is 3. The minimum atomic E-state index is -0.409. The van der Waals surface area contributed by atoms with E-state index in [1.165, 1.54) is 12.0 Å². The summed E-state index contributed by atoms with van der Waals surface area (Å²) < 4.78 is 5.42. The van der Waals surface area contributed by atoms with Crippen LogP contribution in [0.25, 0.3) is 0 Å². The maximum absolute atomic E-state index is 12.4. The van der Waals surface area contributed by atoms with E-state index in [2.05, 4.69) is 20.7 Å². The van der Waals surface area contributed by atoms with E-state index in [9.17, 15) is 19.2 Å². The molecule has 1 aromatic carbocycles. The van der Waals surface area contributed by atoms with Gasteiger partial charge in [-0.05, 0) is 31.5 Å². The van der Waals surface area contributed by atoms with Crippen LogP contribution in [0, 0.1) is 5.92 Å². The molecule has 0 aromatic heterocycles. The number of benzene rings is 1. The van der Waals surface area contributed by atoms with Gasteiger partial charge in [-0.3, -0.25) is 24.1 Å². The molecule has 0 bridgehead atoms. The fraction of sp³-hybridized carbons (Fsp3) is 0.474. The molecule has 7 nitrogen and oxygen atoms in total. The van der Waals surface area contributed by atoms with Gasteiger partial charge in [-0.1, -0.05) is 22.9 Å². The van der Waals surface area contributed by atoms with Gasteiger partial charge in [0.25, 0.3) is 11.8 Å². The fourth-order valence-corrected chi connectivity index (χ4v) is 3.39. The number of fused-ring (bicyclic) bond motifs is 1. The van der Waals surface area contributed by atoms with Crippen molar-refractivity contribution >= 4 is 39.6 Å². The number of carbonyl (C=O) groups is 4. The number of halogens is 1. The summed E-state index contributed by atoms with van der Waals surface area (Å²) in [5.74, 6) is -1.56. The Balaban J connectivity index is 1.90. The molecule has 146 valence electrons. The molecule has 0 fully saturated rings. The molecule has 0 N–H and O–H groups in total. The molecule has 2 rings (SSSR count). The summed E-state index contributed by atoms with van der Waals surface area (Å²) in [4.78, 5) is 51.5. The molecule has 0 spiro atoms. The number of esters is 1. The molecule has 0 saturated heterocycles. The van der Waals surface area contributed by atoms with Gasteiger partial charge in [0.15, 0.2) is 0 Å². The van der Waals surface area contributed by atoms with Crippen molar-refractivity contribution in [3.8, 4) is 0 Å². The van der Waals surface area contributed by atoms with E-state index >= 15 is 0 Å². The number of rotatable bonds is 8. The van der Waals surface area contributed by atoms with E-state index in [0.29, 0.717) is 24.1 Å². The summed E-state index contributed by atoms with van der Waals surface area (Å²) in [6.07, 6.45) is 0.563. The smallest absolute Gasteiger partial charge is 0.310 e. The van der Waals surface area contributed by atoms with Crippen molar-refractivity contribution in [1.82, 2.24) is 9.80 Å². The lowest BCUT2D eigenvalue weighted by molar-refractivity contribution is -0.146. The third-order valence-electron chi connectivity index (χ3n) is 4.54. The molecule has 1 aliphatic rings. The molecule has 1 unspecified atom stereocenters. The maximum atomic E-state index is 12.4. The molecule has 1 atom stereocenters. The Morgan fingerprint density at radius 3 is 2.52 bits per heavy atom. The van der Waals surface area contributed by atoms with Crippen molar-refractivity contribution in [3.63, 3.8) is 0 Å². The average Bonchev–Trinajstić information content (AvgIpc) is 2.89.